The molecular formula is C25H29ClN4O2S. The highest BCUT2D eigenvalue weighted by molar-refractivity contribution is 7.99. The van der Waals surface area contributed by atoms with E-state index in [2.05, 4.69) is 22.1 Å². The molecule has 2 aromatic carbocycles. The number of benzene rings is 2. The maximum atomic E-state index is 12.6. The van der Waals surface area contributed by atoms with E-state index in [0.29, 0.717) is 17.5 Å². The van der Waals surface area contributed by atoms with Crippen molar-refractivity contribution in [3.63, 3.8) is 0 Å². The van der Waals surface area contributed by atoms with E-state index in [4.69, 9.17) is 16.3 Å². The summed E-state index contributed by atoms with van der Waals surface area (Å²) in [5.74, 6) is 1.51. The Morgan fingerprint density at radius 2 is 1.82 bits per heavy atom. The molecule has 1 amide bonds. The molecule has 0 radical (unpaired) electrons. The van der Waals surface area contributed by atoms with E-state index in [0.717, 1.165) is 38.7 Å². The molecule has 8 heteroatoms. The minimum atomic E-state index is -0.352. The van der Waals surface area contributed by atoms with E-state index < -0.39 is 0 Å². The number of ether oxygens (including phenoxy) is 1. The number of rotatable bonds is 9. The molecule has 0 spiro atoms. The molecule has 1 unspecified atom stereocenters. The van der Waals surface area contributed by atoms with Crippen LogP contribution in [0.4, 0.5) is 5.69 Å². The van der Waals surface area contributed by atoms with Crippen LogP contribution in [-0.4, -0.2) is 26.4 Å². The molecular weight excluding hydrogens is 456 g/mol. The zero-order valence-corrected chi connectivity index (χ0v) is 21.2. The molecule has 6 nitrogen and oxygen atoms in total. The first-order valence-corrected chi connectivity index (χ1v) is 12.0. The minimum absolute atomic E-state index is 0.0940. The summed E-state index contributed by atoms with van der Waals surface area (Å²) in [6.07, 6.45) is 1.42. The van der Waals surface area contributed by atoms with Crippen LogP contribution in [-0.2, 0) is 11.3 Å². The van der Waals surface area contributed by atoms with Crippen molar-refractivity contribution in [3.05, 3.63) is 76.1 Å². The standard InChI is InChI=1S/C25H29ClN4O2S/c1-7-11-30-24(19(6)32-20-12-17(4)22(26)18(5)13-20)28-29-25(30)33-14-21(31)27-23-15(2)9-8-10-16(23)3/h7-10,12-13,19H,1,11,14H2,2-6H3,(H,27,31). The first-order valence-electron chi connectivity index (χ1n) is 10.7. The van der Waals surface area contributed by atoms with Crippen LogP contribution in [0, 0.1) is 27.7 Å². The van der Waals surface area contributed by atoms with Gasteiger partial charge >= 0.3 is 0 Å². The molecule has 0 bridgehead atoms. The van der Waals surface area contributed by atoms with Gasteiger partial charge in [0.25, 0.3) is 0 Å². The first kappa shape index (κ1) is 24.9. The number of thioether (sulfide) groups is 1. The van der Waals surface area contributed by atoms with Crippen LogP contribution in [0.3, 0.4) is 0 Å². The molecule has 0 saturated carbocycles. The van der Waals surface area contributed by atoms with Gasteiger partial charge in [0.05, 0.1) is 5.75 Å². The predicted molar refractivity (Wildman–Crippen MR) is 135 cm³/mol. The van der Waals surface area contributed by atoms with Gasteiger partial charge in [-0.15, -0.1) is 16.8 Å². The topological polar surface area (TPSA) is 69.0 Å². The number of aryl methyl sites for hydroxylation is 4. The Kier molecular flexibility index (Phi) is 8.21. The van der Waals surface area contributed by atoms with E-state index in [9.17, 15) is 4.79 Å². The van der Waals surface area contributed by atoms with Gasteiger partial charge in [-0.1, -0.05) is 47.6 Å². The number of hydrogen-bond acceptors (Lipinski definition) is 5. The molecule has 1 aromatic heterocycles. The van der Waals surface area contributed by atoms with Gasteiger partial charge in [0.15, 0.2) is 17.1 Å². The monoisotopic (exact) mass is 484 g/mol. The second-order valence-electron chi connectivity index (χ2n) is 7.97. The smallest absolute Gasteiger partial charge is 0.234 e. The van der Waals surface area contributed by atoms with Crippen molar-refractivity contribution in [1.29, 1.82) is 0 Å². The van der Waals surface area contributed by atoms with Gasteiger partial charge < -0.3 is 10.1 Å². The highest BCUT2D eigenvalue weighted by Crippen LogP contribution is 2.30. The lowest BCUT2D eigenvalue weighted by molar-refractivity contribution is -0.113. The summed E-state index contributed by atoms with van der Waals surface area (Å²) in [4.78, 5) is 12.6. The molecule has 0 saturated heterocycles. The van der Waals surface area contributed by atoms with Gasteiger partial charge in [0.2, 0.25) is 5.91 Å². The molecule has 1 heterocycles. The van der Waals surface area contributed by atoms with Crippen molar-refractivity contribution in [3.8, 4) is 5.75 Å². The van der Waals surface area contributed by atoms with E-state index in [-0.39, 0.29) is 17.8 Å². The average molecular weight is 485 g/mol. The molecule has 0 fully saturated rings. The number of carbonyl (C=O) groups is 1. The lowest BCUT2D eigenvalue weighted by Crippen LogP contribution is -2.17. The number of amides is 1. The number of nitrogens with one attached hydrogen (secondary N) is 1. The largest absolute Gasteiger partial charge is 0.483 e. The van der Waals surface area contributed by atoms with Gasteiger partial charge in [-0.2, -0.15) is 0 Å². The van der Waals surface area contributed by atoms with Crippen molar-refractivity contribution < 1.29 is 9.53 Å². The number of allylic oxidation sites excluding steroid dienone is 1. The Bertz CT molecular complexity index is 1130. The van der Waals surface area contributed by atoms with Crippen molar-refractivity contribution in [2.24, 2.45) is 0 Å². The van der Waals surface area contributed by atoms with Crippen LogP contribution >= 0.6 is 23.4 Å². The summed E-state index contributed by atoms with van der Waals surface area (Å²) < 4.78 is 8.06. The van der Waals surface area contributed by atoms with E-state index >= 15 is 0 Å². The van der Waals surface area contributed by atoms with Gasteiger partial charge in [0, 0.05) is 17.3 Å². The van der Waals surface area contributed by atoms with E-state index in [1.165, 1.54) is 11.8 Å². The molecule has 3 aromatic rings. The van der Waals surface area contributed by atoms with E-state index in [1.807, 2.05) is 69.5 Å². The highest BCUT2D eigenvalue weighted by Gasteiger charge is 2.20. The molecule has 1 N–H and O–H groups in total. The molecule has 0 aliphatic heterocycles. The van der Waals surface area contributed by atoms with Gasteiger partial charge in [-0.25, -0.2) is 0 Å². The van der Waals surface area contributed by atoms with Crippen LogP contribution in [0.5, 0.6) is 5.75 Å². The maximum absolute atomic E-state index is 12.6. The number of halogens is 1. The lowest BCUT2D eigenvalue weighted by Gasteiger charge is -2.17. The Morgan fingerprint density at radius 3 is 2.42 bits per heavy atom. The second-order valence-corrected chi connectivity index (χ2v) is 9.30. The minimum Gasteiger partial charge on any atom is -0.483 e. The summed E-state index contributed by atoms with van der Waals surface area (Å²) >= 11 is 7.61. The Labute approximate surface area is 204 Å². The van der Waals surface area contributed by atoms with Crippen molar-refractivity contribution in [2.45, 2.75) is 52.4 Å². The summed E-state index contributed by atoms with van der Waals surface area (Å²) in [7, 11) is 0. The fourth-order valence-electron chi connectivity index (χ4n) is 3.56. The molecule has 33 heavy (non-hydrogen) atoms. The third-order valence-corrected chi connectivity index (χ3v) is 6.78. The third kappa shape index (κ3) is 5.97. The number of nitrogens with zero attached hydrogens (tertiary/aromatic N) is 3. The van der Waals surface area contributed by atoms with Crippen molar-refractivity contribution in [2.75, 3.05) is 11.1 Å². The normalized spacial score (nSPS) is 11.8. The summed E-state index contributed by atoms with van der Waals surface area (Å²) in [6, 6.07) is 9.76. The van der Waals surface area contributed by atoms with Crippen LogP contribution in [0.1, 0.15) is 41.1 Å². The van der Waals surface area contributed by atoms with Crippen molar-refractivity contribution in [1.82, 2.24) is 14.8 Å². The van der Waals surface area contributed by atoms with Crippen LogP contribution in [0.15, 0.2) is 48.1 Å². The molecule has 0 aliphatic carbocycles. The number of aromatic nitrogens is 3. The summed E-state index contributed by atoms with van der Waals surface area (Å²) in [6.45, 7) is 14.1. The van der Waals surface area contributed by atoms with Gasteiger partial charge in [0.1, 0.15) is 5.75 Å². The second kappa shape index (κ2) is 10.9. The van der Waals surface area contributed by atoms with Gasteiger partial charge in [-0.05, 0) is 69.0 Å². The summed E-state index contributed by atoms with van der Waals surface area (Å²) in [5.41, 5.74) is 4.83. The van der Waals surface area contributed by atoms with Crippen molar-refractivity contribution >= 4 is 35.0 Å². The Hall–Kier alpha value is -2.77. The average Bonchev–Trinajstić information content (AvgIpc) is 3.16. The quantitative estimate of drug-likeness (QED) is 0.288. The SMILES string of the molecule is C=CCn1c(SCC(=O)Nc2c(C)cccc2C)nnc1C(C)Oc1cc(C)c(Cl)c(C)c1. The first-order chi connectivity index (χ1) is 15.7. The number of para-hydroxylation sites is 1. The predicted octanol–water partition coefficient (Wildman–Crippen LogP) is 6.22. The fraction of sp³-hybridized carbons (Fsp3) is 0.320. The van der Waals surface area contributed by atoms with Crippen LogP contribution in [0.2, 0.25) is 5.02 Å². The van der Waals surface area contributed by atoms with E-state index in [1.54, 1.807) is 6.08 Å². The highest BCUT2D eigenvalue weighted by atomic mass is 35.5. The molecule has 0 aliphatic rings. The van der Waals surface area contributed by atoms with Gasteiger partial charge in [-0.3, -0.25) is 9.36 Å². The third-order valence-electron chi connectivity index (χ3n) is 5.22. The molecule has 3 rings (SSSR count). The zero-order chi connectivity index (χ0) is 24.1. The summed E-state index contributed by atoms with van der Waals surface area (Å²) in [5, 5.41) is 13.0. The zero-order valence-electron chi connectivity index (χ0n) is 19.6. The Morgan fingerprint density at radius 1 is 1.18 bits per heavy atom. The molecule has 174 valence electrons. The number of anilines is 1. The number of hydrogen-bond donors (Lipinski definition) is 1. The van der Waals surface area contributed by atoms with Crippen LogP contribution < -0.4 is 10.1 Å². The lowest BCUT2D eigenvalue weighted by atomic mass is 10.1. The Balaban J connectivity index is 1.72. The van der Waals surface area contributed by atoms with Crippen LogP contribution in [0.25, 0.3) is 0 Å². The molecule has 1 atom stereocenters. The maximum Gasteiger partial charge on any atom is 0.234 e. The fourth-order valence-corrected chi connectivity index (χ4v) is 4.42. The number of carbonyl (C=O) groups excluding carboxylic acids is 1.